The molecule has 6 nitrogen and oxygen atoms in total. The van der Waals surface area contributed by atoms with Gasteiger partial charge >= 0.3 is 5.97 Å². The molecule has 6 heteroatoms. The third-order valence-electron chi connectivity index (χ3n) is 3.49. The summed E-state index contributed by atoms with van der Waals surface area (Å²) in [4.78, 5) is 15.5. The van der Waals surface area contributed by atoms with Crippen LogP contribution in [0, 0.1) is 5.41 Å². The van der Waals surface area contributed by atoms with Gasteiger partial charge in [0.2, 0.25) is 0 Å². The average molecular weight is 308 g/mol. The number of fused-ring (bicyclic) bond motifs is 1. The van der Waals surface area contributed by atoms with Gasteiger partial charge in [-0.1, -0.05) is 20.8 Å². The Morgan fingerprint density at radius 1 is 1.41 bits per heavy atom. The van der Waals surface area contributed by atoms with E-state index in [1.807, 2.05) is 6.07 Å². The molecule has 1 unspecified atom stereocenters. The first-order valence-electron chi connectivity index (χ1n) is 7.56. The summed E-state index contributed by atoms with van der Waals surface area (Å²) in [6.45, 7) is 7.77. The molecule has 1 aromatic heterocycles. The highest BCUT2D eigenvalue weighted by molar-refractivity contribution is 5.73. The zero-order valence-electron chi connectivity index (χ0n) is 13.4. The van der Waals surface area contributed by atoms with E-state index in [-0.39, 0.29) is 5.41 Å². The van der Waals surface area contributed by atoms with Crippen molar-refractivity contribution in [3.8, 4) is 11.6 Å². The number of nitrogens with zero attached hydrogens (tertiary/aromatic N) is 1. The van der Waals surface area contributed by atoms with Gasteiger partial charge in [0.15, 0.2) is 5.75 Å². The minimum atomic E-state index is -0.824. The number of rotatable bonds is 6. The van der Waals surface area contributed by atoms with Crippen molar-refractivity contribution in [3.63, 3.8) is 0 Å². The maximum absolute atomic E-state index is 11.3. The number of ether oxygens (including phenoxy) is 2. The molecule has 0 saturated carbocycles. The van der Waals surface area contributed by atoms with Gasteiger partial charge in [-0.25, -0.2) is 4.98 Å². The lowest BCUT2D eigenvalue weighted by molar-refractivity contribution is -0.139. The summed E-state index contributed by atoms with van der Waals surface area (Å²) in [6.07, 6.45) is 3.12. The molecule has 1 aromatic rings. The van der Waals surface area contributed by atoms with Gasteiger partial charge in [0.05, 0.1) is 0 Å². The standard InChI is InChI=1S/C16H24N2O4/c1-16(2,3)5-4-12(15(19)20)17-9-11-8-13-14(18-10-11)22-7-6-21-13/h8,10,12,17H,4-7,9H2,1-3H3,(H,19,20). The van der Waals surface area contributed by atoms with Crippen molar-refractivity contribution < 1.29 is 19.4 Å². The van der Waals surface area contributed by atoms with Crippen LogP contribution in [0.5, 0.6) is 11.6 Å². The highest BCUT2D eigenvalue weighted by Crippen LogP contribution is 2.28. The first-order chi connectivity index (χ1) is 10.3. The van der Waals surface area contributed by atoms with Gasteiger partial charge in [0.25, 0.3) is 5.88 Å². The van der Waals surface area contributed by atoms with Crippen LogP contribution in [-0.2, 0) is 11.3 Å². The molecule has 0 aliphatic carbocycles. The summed E-state index contributed by atoms with van der Waals surface area (Å²) in [5, 5.41) is 12.4. The molecule has 1 aliphatic rings. The lowest BCUT2D eigenvalue weighted by Gasteiger charge is -2.22. The highest BCUT2D eigenvalue weighted by Gasteiger charge is 2.21. The number of hydrogen-bond donors (Lipinski definition) is 2. The van der Waals surface area contributed by atoms with E-state index < -0.39 is 12.0 Å². The third-order valence-corrected chi connectivity index (χ3v) is 3.49. The Bertz CT molecular complexity index is 525. The van der Waals surface area contributed by atoms with Gasteiger partial charge in [0.1, 0.15) is 19.3 Å². The van der Waals surface area contributed by atoms with Crippen LogP contribution >= 0.6 is 0 Å². The zero-order chi connectivity index (χ0) is 16.2. The highest BCUT2D eigenvalue weighted by atomic mass is 16.6. The fourth-order valence-corrected chi connectivity index (χ4v) is 2.20. The van der Waals surface area contributed by atoms with Gasteiger partial charge in [-0.2, -0.15) is 0 Å². The molecule has 0 amide bonds. The first-order valence-corrected chi connectivity index (χ1v) is 7.56. The molecule has 0 aromatic carbocycles. The van der Waals surface area contributed by atoms with Crippen LogP contribution in [0.15, 0.2) is 12.3 Å². The minimum absolute atomic E-state index is 0.119. The predicted octanol–water partition coefficient (Wildman–Crippen LogP) is 2.22. The molecule has 1 atom stereocenters. The molecule has 0 fully saturated rings. The van der Waals surface area contributed by atoms with Gasteiger partial charge in [-0.3, -0.25) is 4.79 Å². The van der Waals surface area contributed by atoms with Gasteiger partial charge in [-0.05, 0) is 29.9 Å². The average Bonchev–Trinajstić information content (AvgIpc) is 2.45. The van der Waals surface area contributed by atoms with Crippen LogP contribution in [-0.4, -0.2) is 35.3 Å². The maximum atomic E-state index is 11.3. The number of aliphatic carboxylic acids is 1. The Morgan fingerprint density at radius 3 is 2.82 bits per heavy atom. The maximum Gasteiger partial charge on any atom is 0.320 e. The molecule has 122 valence electrons. The molecule has 2 heterocycles. The third kappa shape index (κ3) is 4.87. The van der Waals surface area contributed by atoms with Crippen LogP contribution in [0.4, 0.5) is 0 Å². The zero-order valence-corrected chi connectivity index (χ0v) is 13.4. The lowest BCUT2D eigenvalue weighted by Crippen LogP contribution is -2.37. The molecular weight excluding hydrogens is 284 g/mol. The largest absolute Gasteiger partial charge is 0.484 e. The SMILES string of the molecule is CC(C)(C)CCC(NCc1cnc2c(c1)OCCO2)C(=O)O. The normalized spacial score (nSPS) is 15.4. The number of hydrogen-bond acceptors (Lipinski definition) is 5. The van der Waals surface area contributed by atoms with Crippen molar-refractivity contribution in [2.75, 3.05) is 13.2 Å². The Balaban J connectivity index is 1.93. The monoisotopic (exact) mass is 308 g/mol. The van der Waals surface area contributed by atoms with Crippen LogP contribution in [0.25, 0.3) is 0 Å². The summed E-state index contributed by atoms with van der Waals surface area (Å²) in [6, 6.07) is 1.28. The molecule has 2 N–H and O–H groups in total. The molecule has 2 rings (SSSR count). The smallest absolute Gasteiger partial charge is 0.320 e. The van der Waals surface area contributed by atoms with Crippen molar-refractivity contribution in [1.29, 1.82) is 0 Å². The summed E-state index contributed by atoms with van der Waals surface area (Å²) in [5.41, 5.74) is 1.000. The van der Waals surface area contributed by atoms with E-state index in [0.717, 1.165) is 12.0 Å². The number of aromatic nitrogens is 1. The van der Waals surface area contributed by atoms with E-state index >= 15 is 0 Å². The Kier molecular flexibility index (Phi) is 5.24. The molecule has 0 spiro atoms. The second-order valence-electron chi connectivity index (χ2n) is 6.71. The van der Waals surface area contributed by atoms with Crippen LogP contribution in [0.2, 0.25) is 0 Å². The molecule has 0 saturated heterocycles. The van der Waals surface area contributed by atoms with Crippen molar-refractivity contribution in [1.82, 2.24) is 10.3 Å². The molecular formula is C16H24N2O4. The second kappa shape index (κ2) is 6.96. The summed E-state index contributed by atoms with van der Waals surface area (Å²) in [5.74, 6) is 0.291. The number of carboxylic acids is 1. The Morgan fingerprint density at radius 2 is 2.14 bits per heavy atom. The summed E-state index contributed by atoms with van der Waals surface area (Å²) >= 11 is 0. The van der Waals surface area contributed by atoms with Crippen molar-refractivity contribution >= 4 is 5.97 Å². The first kappa shape index (κ1) is 16.5. The lowest BCUT2D eigenvalue weighted by atomic mass is 9.88. The fourth-order valence-electron chi connectivity index (χ4n) is 2.20. The topological polar surface area (TPSA) is 80.7 Å². The minimum Gasteiger partial charge on any atom is -0.484 e. The van der Waals surface area contributed by atoms with Crippen LogP contribution < -0.4 is 14.8 Å². The fraction of sp³-hybridized carbons (Fsp3) is 0.625. The van der Waals surface area contributed by atoms with E-state index in [1.165, 1.54) is 0 Å². The Hall–Kier alpha value is -1.82. The Labute approximate surface area is 130 Å². The van der Waals surface area contributed by atoms with Gasteiger partial charge in [-0.15, -0.1) is 0 Å². The van der Waals surface area contributed by atoms with Crippen molar-refractivity contribution in [2.24, 2.45) is 5.41 Å². The van der Waals surface area contributed by atoms with Gasteiger partial charge < -0.3 is 19.9 Å². The molecule has 22 heavy (non-hydrogen) atoms. The number of carboxylic acid groups (broad SMARTS) is 1. The second-order valence-corrected chi connectivity index (χ2v) is 6.71. The predicted molar refractivity (Wildman–Crippen MR) is 82.2 cm³/mol. The number of pyridine rings is 1. The summed E-state index contributed by atoms with van der Waals surface area (Å²) < 4.78 is 10.8. The van der Waals surface area contributed by atoms with Crippen molar-refractivity contribution in [2.45, 2.75) is 46.2 Å². The van der Waals surface area contributed by atoms with Crippen LogP contribution in [0.3, 0.4) is 0 Å². The van der Waals surface area contributed by atoms with Crippen molar-refractivity contribution in [3.05, 3.63) is 17.8 Å². The number of carbonyl (C=O) groups is 1. The summed E-state index contributed by atoms with van der Waals surface area (Å²) in [7, 11) is 0. The molecule has 0 radical (unpaired) electrons. The molecule has 0 bridgehead atoms. The van der Waals surface area contributed by atoms with E-state index in [4.69, 9.17) is 9.47 Å². The van der Waals surface area contributed by atoms with E-state index in [9.17, 15) is 9.90 Å². The van der Waals surface area contributed by atoms with E-state index in [1.54, 1.807) is 6.20 Å². The van der Waals surface area contributed by atoms with Crippen LogP contribution in [0.1, 0.15) is 39.2 Å². The molecule has 1 aliphatic heterocycles. The number of nitrogens with one attached hydrogen (secondary N) is 1. The van der Waals surface area contributed by atoms with E-state index in [0.29, 0.717) is 37.8 Å². The quantitative estimate of drug-likeness (QED) is 0.839. The van der Waals surface area contributed by atoms with Gasteiger partial charge in [0, 0.05) is 12.7 Å². The van der Waals surface area contributed by atoms with E-state index in [2.05, 4.69) is 31.1 Å².